The molecule has 0 radical (unpaired) electrons. The molecule has 2 aliphatic rings. The maximum atomic E-state index is 12.9. The Morgan fingerprint density at radius 1 is 1.04 bits per heavy atom. The molecular formula is C20H25N5O. The van der Waals surface area contributed by atoms with Crippen LogP contribution in [-0.4, -0.2) is 60.0 Å². The van der Waals surface area contributed by atoms with Gasteiger partial charge in [-0.25, -0.2) is 9.97 Å². The molecule has 26 heavy (non-hydrogen) atoms. The third-order valence-electron chi connectivity index (χ3n) is 5.36. The van der Waals surface area contributed by atoms with E-state index in [1.165, 1.54) is 5.56 Å². The number of rotatable bonds is 3. The molecule has 6 heteroatoms. The first kappa shape index (κ1) is 17.0. The Bertz CT molecular complexity index is 768. The second kappa shape index (κ2) is 7.41. The zero-order chi connectivity index (χ0) is 17.9. The Balaban J connectivity index is 1.48. The van der Waals surface area contributed by atoms with Crippen LogP contribution in [-0.2, 0) is 6.42 Å². The highest BCUT2D eigenvalue weighted by molar-refractivity contribution is 6.05. The van der Waals surface area contributed by atoms with E-state index in [2.05, 4.69) is 32.8 Å². The highest BCUT2D eigenvalue weighted by Gasteiger charge is 2.25. The van der Waals surface area contributed by atoms with E-state index in [-0.39, 0.29) is 5.91 Å². The number of benzene rings is 1. The second-order valence-corrected chi connectivity index (χ2v) is 6.87. The molecule has 1 aromatic heterocycles. The number of carbonyl (C=O) groups excluding carboxylic acids is 1. The maximum absolute atomic E-state index is 12.9. The molecule has 0 saturated carbocycles. The number of para-hydroxylation sites is 1. The first-order valence-electron chi connectivity index (χ1n) is 9.45. The van der Waals surface area contributed by atoms with E-state index in [1.54, 1.807) is 12.4 Å². The van der Waals surface area contributed by atoms with Crippen molar-refractivity contribution in [3.8, 4) is 0 Å². The summed E-state index contributed by atoms with van der Waals surface area (Å²) in [5, 5.41) is 0. The average molecular weight is 351 g/mol. The topological polar surface area (TPSA) is 52.6 Å². The molecule has 2 aromatic rings. The molecule has 0 spiro atoms. The Morgan fingerprint density at radius 3 is 2.58 bits per heavy atom. The fraction of sp³-hybridized carbons (Fsp3) is 0.450. The summed E-state index contributed by atoms with van der Waals surface area (Å²) >= 11 is 0. The number of likely N-dealkylation sites (N-methyl/N-ethyl adjacent to an activating group) is 1. The zero-order valence-corrected chi connectivity index (χ0v) is 15.3. The number of amides is 1. The lowest BCUT2D eigenvalue weighted by molar-refractivity contribution is 0.0980. The Kier molecular flexibility index (Phi) is 4.84. The Labute approximate surface area is 154 Å². The Hall–Kier alpha value is -2.47. The SMILES string of the molecule is CCN1CCN(c2cnc(C(=O)N3CCCc4ccccc43)cn2)CC1. The van der Waals surface area contributed by atoms with Gasteiger partial charge in [0.2, 0.25) is 0 Å². The summed E-state index contributed by atoms with van der Waals surface area (Å²) in [6.07, 6.45) is 5.37. The number of carbonyl (C=O) groups is 1. The summed E-state index contributed by atoms with van der Waals surface area (Å²) in [5.41, 5.74) is 2.65. The summed E-state index contributed by atoms with van der Waals surface area (Å²) in [7, 11) is 0. The van der Waals surface area contributed by atoms with E-state index in [1.807, 2.05) is 23.1 Å². The summed E-state index contributed by atoms with van der Waals surface area (Å²) in [6.45, 7) is 8.01. The molecule has 136 valence electrons. The number of aryl methyl sites for hydroxylation is 1. The Morgan fingerprint density at radius 2 is 1.85 bits per heavy atom. The average Bonchev–Trinajstić information content (AvgIpc) is 2.73. The van der Waals surface area contributed by atoms with Gasteiger partial charge in [0, 0.05) is 38.4 Å². The van der Waals surface area contributed by atoms with Crippen LogP contribution in [0.1, 0.15) is 29.4 Å². The number of aromatic nitrogens is 2. The number of hydrogen-bond donors (Lipinski definition) is 0. The molecule has 2 aliphatic heterocycles. The number of anilines is 2. The number of hydrogen-bond acceptors (Lipinski definition) is 5. The van der Waals surface area contributed by atoms with Crippen molar-refractivity contribution in [3.05, 3.63) is 47.9 Å². The standard InChI is InChI=1S/C20H25N5O/c1-2-23-10-12-24(13-11-23)19-15-21-17(14-22-19)20(26)25-9-5-7-16-6-3-4-8-18(16)25/h3-4,6,8,14-15H,2,5,7,9-13H2,1H3. The van der Waals surface area contributed by atoms with Crippen LogP contribution in [0.4, 0.5) is 11.5 Å². The van der Waals surface area contributed by atoms with Crippen LogP contribution in [0.25, 0.3) is 0 Å². The molecule has 0 N–H and O–H groups in total. The molecule has 0 unspecified atom stereocenters. The highest BCUT2D eigenvalue weighted by atomic mass is 16.2. The van der Waals surface area contributed by atoms with E-state index in [0.29, 0.717) is 5.69 Å². The molecule has 0 atom stereocenters. The van der Waals surface area contributed by atoms with Gasteiger partial charge in [-0.1, -0.05) is 25.1 Å². The first-order chi connectivity index (χ1) is 12.8. The van der Waals surface area contributed by atoms with E-state index < -0.39 is 0 Å². The minimum Gasteiger partial charge on any atom is -0.353 e. The first-order valence-corrected chi connectivity index (χ1v) is 9.45. The number of piperazine rings is 1. The normalized spacial score (nSPS) is 17.9. The van der Waals surface area contributed by atoms with Crippen LogP contribution in [0.2, 0.25) is 0 Å². The molecule has 0 aliphatic carbocycles. The number of fused-ring (bicyclic) bond motifs is 1. The highest BCUT2D eigenvalue weighted by Crippen LogP contribution is 2.27. The molecule has 1 aromatic carbocycles. The van der Waals surface area contributed by atoms with Crippen LogP contribution >= 0.6 is 0 Å². The molecule has 1 amide bonds. The van der Waals surface area contributed by atoms with Crippen molar-refractivity contribution in [2.45, 2.75) is 19.8 Å². The molecule has 1 fully saturated rings. The summed E-state index contributed by atoms with van der Waals surface area (Å²) < 4.78 is 0. The molecule has 0 bridgehead atoms. The lowest BCUT2D eigenvalue weighted by Crippen LogP contribution is -2.46. The molecule has 3 heterocycles. The van der Waals surface area contributed by atoms with E-state index >= 15 is 0 Å². The zero-order valence-electron chi connectivity index (χ0n) is 15.3. The lowest BCUT2D eigenvalue weighted by atomic mass is 10.0. The van der Waals surface area contributed by atoms with E-state index in [0.717, 1.165) is 63.6 Å². The molecular weight excluding hydrogens is 326 g/mol. The van der Waals surface area contributed by atoms with Gasteiger partial charge in [-0.2, -0.15) is 0 Å². The lowest BCUT2D eigenvalue weighted by Gasteiger charge is -2.34. The van der Waals surface area contributed by atoms with Gasteiger partial charge in [0.1, 0.15) is 11.5 Å². The van der Waals surface area contributed by atoms with Crippen molar-refractivity contribution < 1.29 is 4.79 Å². The van der Waals surface area contributed by atoms with Crippen molar-refractivity contribution in [1.29, 1.82) is 0 Å². The van der Waals surface area contributed by atoms with Gasteiger partial charge < -0.3 is 14.7 Å². The molecule has 6 nitrogen and oxygen atoms in total. The van der Waals surface area contributed by atoms with E-state index in [4.69, 9.17) is 0 Å². The fourth-order valence-electron chi connectivity index (χ4n) is 3.77. The number of nitrogens with zero attached hydrogens (tertiary/aromatic N) is 5. The van der Waals surface area contributed by atoms with Crippen molar-refractivity contribution in [1.82, 2.24) is 14.9 Å². The van der Waals surface area contributed by atoms with Gasteiger partial charge in [0.05, 0.1) is 12.4 Å². The van der Waals surface area contributed by atoms with Crippen molar-refractivity contribution in [2.24, 2.45) is 0 Å². The predicted octanol–water partition coefficient (Wildman–Crippen LogP) is 2.21. The third kappa shape index (κ3) is 3.29. The predicted molar refractivity (Wildman–Crippen MR) is 103 cm³/mol. The largest absolute Gasteiger partial charge is 0.353 e. The van der Waals surface area contributed by atoms with Crippen LogP contribution < -0.4 is 9.80 Å². The van der Waals surface area contributed by atoms with Gasteiger partial charge in [0.15, 0.2) is 0 Å². The smallest absolute Gasteiger partial charge is 0.278 e. The van der Waals surface area contributed by atoms with Gasteiger partial charge >= 0.3 is 0 Å². The monoisotopic (exact) mass is 351 g/mol. The van der Waals surface area contributed by atoms with Crippen molar-refractivity contribution >= 4 is 17.4 Å². The van der Waals surface area contributed by atoms with Crippen LogP contribution in [0.15, 0.2) is 36.7 Å². The van der Waals surface area contributed by atoms with Gasteiger partial charge in [-0.05, 0) is 31.0 Å². The van der Waals surface area contributed by atoms with Crippen molar-refractivity contribution in [3.63, 3.8) is 0 Å². The summed E-state index contributed by atoms with van der Waals surface area (Å²) in [5.74, 6) is 0.795. The molecule has 4 rings (SSSR count). The van der Waals surface area contributed by atoms with Crippen molar-refractivity contribution in [2.75, 3.05) is 49.1 Å². The van der Waals surface area contributed by atoms with Crippen LogP contribution in [0.5, 0.6) is 0 Å². The third-order valence-corrected chi connectivity index (χ3v) is 5.36. The van der Waals surface area contributed by atoms with Gasteiger partial charge in [0.25, 0.3) is 5.91 Å². The summed E-state index contributed by atoms with van der Waals surface area (Å²) in [4.78, 5) is 28.4. The minimum atomic E-state index is -0.0630. The fourth-order valence-corrected chi connectivity index (χ4v) is 3.77. The minimum absolute atomic E-state index is 0.0630. The molecule has 1 saturated heterocycles. The summed E-state index contributed by atoms with van der Waals surface area (Å²) in [6, 6.07) is 8.12. The van der Waals surface area contributed by atoms with Gasteiger partial charge in [-0.15, -0.1) is 0 Å². The van der Waals surface area contributed by atoms with E-state index in [9.17, 15) is 4.79 Å². The van der Waals surface area contributed by atoms with Crippen LogP contribution in [0, 0.1) is 0 Å². The quantitative estimate of drug-likeness (QED) is 0.849. The maximum Gasteiger partial charge on any atom is 0.278 e. The second-order valence-electron chi connectivity index (χ2n) is 6.87. The van der Waals surface area contributed by atoms with Crippen LogP contribution in [0.3, 0.4) is 0 Å². The van der Waals surface area contributed by atoms with Gasteiger partial charge in [-0.3, -0.25) is 4.79 Å².